The summed E-state index contributed by atoms with van der Waals surface area (Å²) in [7, 11) is 0. The van der Waals surface area contributed by atoms with Crippen LogP contribution in [0.5, 0.6) is 0 Å². The second-order valence-corrected chi connectivity index (χ2v) is 7.82. The molecule has 1 N–H and O–H groups in total. The zero-order valence-corrected chi connectivity index (χ0v) is 16.9. The minimum absolute atomic E-state index is 0. The van der Waals surface area contributed by atoms with Crippen LogP contribution in [-0.4, -0.2) is 22.3 Å². The standard InChI is InChI=1S/C20H18ClN3OS.ClH/c21-16-8-6-15(7-9-16)19(25)23-20-22-17-10-11-24(13-18(17)26-20)12-14-4-2-1-3-5-14;/h1-9H,10-13H2,(H,22,23,25);1H. The molecule has 0 aliphatic carbocycles. The molecular formula is C20H19Cl2N3OS. The van der Waals surface area contributed by atoms with Crippen LogP contribution in [0.25, 0.3) is 0 Å². The monoisotopic (exact) mass is 419 g/mol. The molecule has 0 radical (unpaired) electrons. The summed E-state index contributed by atoms with van der Waals surface area (Å²) in [5, 5.41) is 4.19. The Balaban J connectivity index is 0.00000210. The number of hydrogen-bond donors (Lipinski definition) is 1. The van der Waals surface area contributed by atoms with E-state index in [0.29, 0.717) is 15.7 Å². The van der Waals surface area contributed by atoms with Gasteiger partial charge in [-0.2, -0.15) is 0 Å². The van der Waals surface area contributed by atoms with Gasteiger partial charge in [0.25, 0.3) is 5.91 Å². The van der Waals surface area contributed by atoms with Crippen molar-refractivity contribution in [2.24, 2.45) is 0 Å². The van der Waals surface area contributed by atoms with Gasteiger partial charge in [0.05, 0.1) is 5.69 Å². The summed E-state index contributed by atoms with van der Waals surface area (Å²) in [6, 6.07) is 17.3. The predicted octanol–water partition coefficient (Wildman–Crippen LogP) is 5.03. The highest BCUT2D eigenvalue weighted by atomic mass is 35.5. The van der Waals surface area contributed by atoms with Crippen molar-refractivity contribution >= 4 is 46.4 Å². The van der Waals surface area contributed by atoms with Gasteiger partial charge in [-0.1, -0.05) is 41.9 Å². The van der Waals surface area contributed by atoms with Crippen molar-refractivity contribution in [3.63, 3.8) is 0 Å². The highest BCUT2D eigenvalue weighted by Crippen LogP contribution is 2.29. The molecule has 3 aromatic rings. The Labute approximate surface area is 173 Å². The quantitative estimate of drug-likeness (QED) is 0.644. The third-order valence-corrected chi connectivity index (χ3v) is 5.64. The second-order valence-electron chi connectivity index (χ2n) is 6.30. The van der Waals surface area contributed by atoms with Crippen LogP contribution in [0.3, 0.4) is 0 Å². The van der Waals surface area contributed by atoms with Crippen LogP contribution in [-0.2, 0) is 19.5 Å². The third-order valence-electron chi connectivity index (χ3n) is 4.39. The molecule has 7 heteroatoms. The van der Waals surface area contributed by atoms with Crippen LogP contribution >= 0.6 is 35.3 Å². The molecule has 4 nitrogen and oxygen atoms in total. The Morgan fingerprint density at radius 3 is 2.63 bits per heavy atom. The van der Waals surface area contributed by atoms with Crippen LogP contribution in [0.2, 0.25) is 5.02 Å². The van der Waals surface area contributed by atoms with E-state index in [1.165, 1.54) is 10.4 Å². The molecule has 0 spiro atoms. The topological polar surface area (TPSA) is 45.2 Å². The number of carbonyl (C=O) groups excluding carboxylic acids is 1. The lowest BCUT2D eigenvalue weighted by atomic mass is 10.1. The fourth-order valence-electron chi connectivity index (χ4n) is 3.05. The molecule has 0 saturated carbocycles. The van der Waals surface area contributed by atoms with Crippen LogP contribution in [0.1, 0.15) is 26.5 Å². The molecule has 140 valence electrons. The molecule has 1 amide bonds. The van der Waals surface area contributed by atoms with Gasteiger partial charge in [0.15, 0.2) is 5.13 Å². The minimum Gasteiger partial charge on any atom is -0.298 e. The smallest absolute Gasteiger partial charge is 0.257 e. The summed E-state index contributed by atoms with van der Waals surface area (Å²) in [4.78, 5) is 20.6. The first-order chi connectivity index (χ1) is 12.7. The number of carbonyl (C=O) groups is 1. The van der Waals surface area contributed by atoms with Crippen LogP contribution < -0.4 is 5.32 Å². The fourth-order valence-corrected chi connectivity index (χ4v) is 4.22. The number of aromatic nitrogens is 1. The number of amides is 1. The van der Waals surface area contributed by atoms with Crippen LogP contribution in [0.4, 0.5) is 5.13 Å². The van der Waals surface area contributed by atoms with E-state index in [-0.39, 0.29) is 18.3 Å². The van der Waals surface area contributed by atoms with Gasteiger partial charge < -0.3 is 0 Å². The number of rotatable bonds is 4. The number of nitrogens with zero attached hydrogens (tertiary/aromatic N) is 2. The van der Waals surface area contributed by atoms with Crippen molar-refractivity contribution in [3.05, 3.63) is 81.3 Å². The number of hydrogen-bond acceptors (Lipinski definition) is 4. The molecule has 0 fully saturated rings. The summed E-state index contributed by atoms with van der Waals surface area (Å²) in [5.41, 5.74) is 3.00. The molecule has 1 aliphatic heterocycles. The average Bonchev–Trinajstić information content (AvgIpc) is 3.04. The molecule has 2 aromatic carbocycles. The maximum Gasteiger partial charge on any atom is 0.257 e. The zero-order valence-electron chi connectivity index (χ0n) is 14.5. The lowest BCUT2D eigenvalue weighted by molar-refractivity contribution is 0.102. The number of anilines is 1. The molecular weight excluding hydrogens is 401 g/mol. The van der Waals surface area contributed by atoms with E-state index in [2.05, 4.69) is 39.5 Å². The van der Waals surface area contributed by atoms with E-state index < -0.39 is 0 Å². The van der Waals surface area contributed by atoms with E-state index in [1.807, 2.05) is 6.07 Å². The molecule has 2 heterocycles. The maximum atomic E-state index is 12.3. The van der Waals surface area contributed by atoms with Gasteiger partial charge in [-0.3, -0.25) is 15.0 Å². The van der Waals surface area contributed by atoms with Gasteiger partial charge >= 0.3 is 0 Å². The molecule has 0 unspecified atom stereocenters. The first-order valence-electron chi connectivity index (χ1n) is 8.49. The maximum absolute atomic E-state index is 12.3. The highest BCUT2D eigenvalue weighted by Gasteiger charge is 2.21. The summed E-state index contributed by atoms with van der Waals surface area (Å²) in [6.07, 6.45) is 0.912. The normalized spacial score (nSPS) is 13.5. The van der Waals surface area contributed by atoms with E-state index >= 15 is 0 Å². The zero-order chi connectivity index (χ0) is 17.9. The summed E-state index contributed by atoms with van der Waals surface area (Å²) in [5.74, 6) is -0.158. The molecule has 0 atom stereocenters. The van der Waals surface area contributed by atoms with Gasteiger partial charge in [0.1, 0.15) is 0 Å². The van der Waals surface area contributed by atoms with Crippen molar-refractivity contribution in [2.75, 3.05) is 11.9 Å². The highest BCUT2D eigenvalue weighted by molar-refractivity contribution is 7.15. The van der Waals surface area contributed by atoms with Gasteiger partial charge in [-0.05, 0) is 29.8 Å². The number of fused-ring (bicyclic) bond motifs is 1. The van der Waals surface area contributed by atoms with E-state index in [4.69, 9.17) is 11.6 Å². The first kappa shape index (κ1) is 19.8. The molecule has 27 heavy (non-hydrogen) atoms. The van der Waals surface area contributed by atoms with Crippen molar-refractivity contribution in [3.8, 4) is 0 Å². The number of benzene rings is 2. The Morgan fingerprint density at radius 2 is 1.89 bits per heavy atom. The lowest BCUT2D eigenvalue weighted by Gasteiger charge is -2.25. The molecule has 0 bridgehead atoms. The Kier molecular flexibility index (Phi) is 6.50. The Bertz CT molecular complexity index is 913. The summed E-state index contributed by atoms with van der Waals surface area (Å²) >= 11 is 7.44. The molecule has 1 aromatic heterocycles. The SMILES string of the molecule is Cl.O=C(Nc1nc2c(s1)CN(Cc1ccccc1)CC2)c1ccc(Cl)cc1. The third kappa shape index (κ3) is 4.87. The first-order valence-corrected chi connectivity index (χ1v) is 9.68. The second kappa shape index (κ2) is 8.85. The van der Waals surface area contributed by atoms with Crippen molar-refractivity contribution in [2.45, 2.75) is 19.5 Å². The van der Waals surface area contributed by atoms with Gasteiger partial charge in [-0.15, -0.1) is 23.7 Å². The number of thiazole rings is 1. The van der Waals surface area contributed by atoms with Crippen molar-refractivity contribution in [1.82, 2.24) is 9.88 Å². The Morgan fingerprint density at radius 1 is 1.15 bits per heavy atom. The summed E-state index contributed by atoms with van der Waals surface area (Å²) in [6.45, 7) is 2.79. The Hall–Kier alpha value is -1.92. The predicted molar refractivity (Wildman–Crippen MR) is 113 cm³/mol. The van der Waals surface area contributed by atoms with Gasteiger partial charge in [0, 0.05) is 41.5 Å². The van der Waals surface area contributed by atoms with E-state index in [0.717, 1.165) is 31.7 Å². The fraction of sp³-hybridized carbons (Fsp3) is 0.200. The van der Waals surface area contributed by atoms with Crippen LogP contribution in [0, 0.1) is 0 Å². The lowest BCUT2D eigenvalue weighted by Crippen LogP contribution is -2.29. The van der Waals surface area contributed by atoms with E-state index in [1.54, 1.807) is 35.6 Å². The number of nitrogens with one attached hydrogen (secondary N) is 1. The molecule has 0 saturated heterocycles. The summed E-state index contributed by atoms with van der Waals surface area (Å²) < 4.78 is 0. The minimum atomic E-state index is -0.158. The van der Waals surface area contributed by atoms with Crippen LogP contribution in [0.15, 0.2) is 54.6 Å². The van der Waals surface area contributed by atoms with Crippen molar-refractivity contribution < 1.29 is 4.79 Å². The molecule has 1 aliphatic rings. The van der Waals surface area contributed by atoms with Gasteiger partial charge in [0.2, 0.25) is 0 Å². The largest absolute Gasteiger partial charge is 0.298 e. The van der Waals surface area contributed by atoms with Gasteiger partial charge in [-0.25, -0.2) is 4.98 Å². The number of halogens is 2. The molecule has 4 rings (SSSR count). The average molecular weight is 420 g/mol. The van der Waals surface area contributed by atoms with E-state index in [9.17, 15) is 4.79 Å². The van der Waals surface area contributed by atoms with Crippen molar-refractivity contribution in [1.29, 1.82) is 0 Å².